The van der Waals surface area contributed by atoms with Crippen LogP contribution in [-0.2, 0) is 56.1 Å². The number of fused-ring (bicyclic) bond motifs is 5. The lowest BCUT2D eigenvalue weighted by Gasteiger charge is -2.30. The second-order valence-corrected chi connectivity index (χ2v) is 27.8. The molecule has 5 aromatic heterocycles. The van der Waals surface area contributed by atoms with Crippen molar-refractivity contribution in [3.63, 3.8) is 0 Å². The highest BCUT2D eigenvalue weighted by Crippen LogP contribution is 2.34. The largest absolute Gasteiger partial charge is 0.426 e. The maximum Gasteiger partial charge on any atom is 0.308 e. The second-order valence-electron chi connectivity index (χ2n) is 27.8. The molecule has 0 amide bonds. The number of aromatic nitrogens is 5. The van der Waals surface area contributed by atoms with Crippen LogP contribution in [0.5, 0.6) is 28.7 Å². The van der Waals surface area contributed by atoms with Gasteiger partial charge in [0.15, 0.2) is 0 Å². The first-order valence-electron chi connectivity index (χ1n) is 37.3. The minimum absolute atomic E-state index is 0.279. The molecule has 0 saturated heterocycles. The first kappa shape index (κ1) is 84.6. The molecule has 0 unspecified atom stereocenters. The summed E-state index contributed by atoms with van der Waals surface area (Å²) in [5.74, 6) is 1.76. The zero-order valence-corrected chi connectivity index (χ0v) is 65.8. The van der Waals surface area contributed by atoms with Crippen LogP contribution in [0.1, 0.15) is 151 Å². The number of nitrogens with one attached hydrogen (secondary N) is 5. The first-order valence-corrected chi connectivity index (χ1v) is 37.3. The Morgan fingerprint density at radius 2 is 0.667 bits per heavy atom. The zero-order chi connectivity index (χ0) is 76.9. The first-order chi connectivity index (χ1) is 50.2. The van der Waals surface area contributed by atoms with Gasteiger partial charge in [0.2, 0.25) is 0 Å². The minimum atomic E-state index is -0.298. The van der Waals surface area contributed by atoms with Gasteiger partial charge in [-0.2, -0.15) is 0 Å². The van der Waals surface area contributed by atoms with Gasteiger partial charge in [-0.05, 0) is 223 Å². The van der Waals surface area contributed by atoms with E-state index in [9.17, 15) is 24.0 Å². The Balaban J connectivity index is 0.000000206. The number of likely N-dealkylation sites (N-methyl/N-ethyl adjacent to an activating group) is 3. The van der Waals surface area contributed by atoms with E-state index in [1.165, 1.54) is 69.7 Å². The molecular formula is C85H118N10O10. The molecule has 5 heterocycles. The second kappa shape index (κ2) is 42.6. The Morgan fingerprint density at radius 3 is 0.924 bits per heavy atom. The van der Waals surface area contributed by atoms with Gasteiger partial charge in [0.1, 0.15) is 28.7 Å². The maximum atomic E-state index is 11.3. The number of benzene rings is 5. The number of aromatic amines is 5. The van der Waals surface area contributed by atoms with Crippen molar-refractivity contribution in [2.75, 3.05) is 73.0 Å². The van der Waals surface area contributed by atoms with Crippen LogP contribution in [0.15, 0.2) is 135 Å². The van der Waals surface area contributed by atoms with Crippen LogP contribution < -0.4 is 23.7 Å². The van der Waals surface area contributed by atoms with E-state index in [-0.39, 0.29) is 29.8 Å². The van der Waals surface area contributed by atoms with Crippen LogP contribution in [0.25, 0.3) is 54.5 Å². The van der Waals surface area contributed by atoms with Gasteiger partial charge in [0, 0.05) is 184 Å². The maximum absolute atomic E-state index is 11.3. The highest BCUT2D eigenvalue weighted by atomic mass is 16.5. The molecule has 0 spiro atoms. The van der Waals surface area contributed by atoms with Gasteiger partial charge in [-0.25, -0.2) is 0 Å². The van der Waals surface area contributed by atoms with Crippen molar-refractivity contribution < 1.29 is 47.7 Å². The number of esters is 5. The molecule has 0 radical (unpaired) electrons. The van der Waals surface area contributed by atoms with Gasteiger partial charge < -0.3 is 68.2 Å². The fourth-order valence-electron chi connectivity index (χ4n) is 13.1. The smallest absolute Gasteiger partial charge is 0.308 e. The molecular weight excluding hydrogens is 1320 g/mol. The van der Waals surface area contributed by atoms with Gasteiger partial charge in [0.25, 0.3) is 0 Å². The average Bonchev–Trinajstić information content (AvgIpc) is 1.72. The van der Waals surface area contributed by atoms with Gasteiger partial charge in [-0.15, -0.1) is 6.58 Å². The molecule has 0 fully saturated rings. The van der Waals surface area contributed by atoms with E-state index >= 15 is 0 Å². The van der Waals surface area contributed by atoms with E-state index < -0.39 is 0 Å². The SMILES string of the molecule is C=CCN(C)CCc1c[nH]c2cccc(OC(C)=O)c12.CC(=O)Oc1cccc2[nH]cc(CCN(C(C)C)C(C)C)c12.CC(=O)Oc1cccc2[nH]cc(CCN(C)C(C)C)c12.CCCN(CCC)CCc1c[nH]c2cccc(OC(C)=O)c12.CCN(CCc1c[nH]c2cccc(OC(C)=O)c12)C(C)C. The van der Waals surface area contributed by atoms with Crippen molar-refractivity contribution in [1.29, 1.82) is 0 Å². The number of hydrogen-bond donors (Lipinski definition) is 5. The van der Waals surface area contributed by atoms with E-state index in [1.807, 2.05) is 128 Å². The van der Waals surface area contributed by atoms with Crippen LogP contribution in [0, 0.1) is 0 Å². The van der Waals surface area contributed by atoms with Crippen molar-refractivity contribution in [3.05, 3.63) is 162 Å². The predicted octanol–water partition coefficient (Wildman–Crippen LogP) is 16.6. The van der Waals surface area contributed by atoms with Gasteiger partial charge >= 0.3 is 29.8 Å². The van der Waals surface area contributed by atoms with Crippen molar-refractivity contribution in [2.45, 2.75) is 180 Å². The molecule has 10 rings (SSSR count). The molecule has 20 nitrogen and oxygen atoms in total. The summed E-state index contributed by atoms with van der Waals surface area (Å²) in [5, 5.41) is 5.08. The third kappa shape index (κ3) is 25.8. The topological polar surface area (TPSA) is 227 Å². The number of nitrogens with zero attached hydrogens (tertiary/aromatic N) is 5. The summed E-state index contributed by atoms with van der Waals surface area (Å²) >= 11 is 0. The van der Waals surface area contributed by atoms with E-state index in [2.05, 4.69) is 146 Å². The number of ether oxygens (including phenoxy) is 5. The van der Waals surface area contributed by atoms with E-state index in [1.54, 1.807) is 0 Å². The number of H-pyrrole nitrogens is 5. The van der Waals surface area contributed by atoms with Crippen LogP contribution in [0.4, 0.5) is 0 Å². The number of hydrogen-bond acceptors (Lipinski definition) is 15. The third-order valence-corrected chi connectivity index (χ3v) is 18.4. The third-order valence-electron chi connectivity index (χ3n) is 18.4. The normalized spacial score (nSPS) is 11.4. The van der Waals surface area contributed by atoms with E-state index in [0.717, 1.165) is 151 Å². The standard InChI is InChI=1S/2C18H26N2O2.C17H24N2O2.C16H22N2O2.C16H20N2O2/c1-12(2)20(13(3)4)10-9-15-11-19-16-7-6-8-17(18(15)16)22-14(5)21;1-4-10-20(11-5-2)12-9-15-13-19-16-7-6-8-17(18(15)16)22-14(3)21;1-5-19(12(2)3)10-9-14-11-18-15-7-6-8-16(17(14)15)21-13(4)20;1-11(2)18(4)9-8-13-10-17-14-6-5-7-15(16(13)14)20-12(3)19;1-4-9-18(3)10-8-13-11-17-14-6-5-7-15(16(13)14)20-12(2)19/h6-8,11-13,19H,9-10H2,1-5H3;6-8,13,19H,4-5,9-12H2,1-3H3;6-8,11-12,18H,5,9-10H2,1-4H3;5-7,10-11,17H,8-9H2,1-4H3;4-7,11,17H,1,8-10H2,2-3H3. The summed E-state index contributed by atoms with van der Waals surface area (Å²) in [6.07, 6.45) is 18.9. The molecule has 5 N–H and O–H groups in total. The highest BCUT2D eigenvalue weighted by molar-refractivity contribution is 5.95. The van der Waals surface area contributed by atoms with Gasteiger partial charge in [-0.3, -0.25) is 28.9 Å². The van der Waals surface area contributed by atoms with Crippen LogP contribution >= 0.6 is 0 Å². The van der Waals surface area contributed by atoms with Crippen LogP contribution in [-0.4, -0.2) is 176 Å². The van der Waals surface area contributed by atoms with E-state index in [4.69, 9.17) is 23.7 Å². The molecule has 0 atom stereocenters. The summed E-state index contributed by atoms with van der Waals surface area (Å²) in [6.45, 7) is 44.2. The zero-order valence-electron chi connectivity index (χ0n) is 65.8. The quantitative estimate of drug-likeness (QED) is 0.0155. The van der Waals surface area contributed by atoms with Crippen molar-refractivity contribution in [1.82, 2.24) is 49.4 Å². The number of carbonyl (C=O) groups excluding carboxylic acids is 5. The predicted molar refractivity (Wildman–Crippen MR) is 428 cm³/mol. The summed E-state index contributed by atoms with van der Waals surface area (Å²) in [6, 6.07) is 30.8. The Labute approximate surface area is 622 Å². The van der Waals surface area contributed by atoms with E-state index in [0.29, 0.717) is 52.9 Å². The van der Waals surface area contributed by atoms with Crippen molar-refractivity contribution in [2.24, 2.45) is 0 Å². The summed E-state index contributed by atoms with van der Waals surface area (Å²) in [4.78, 5) is 84.4. The van der Waals surface area contributed by atoms with Crippen LogP contribution in [0.3, 0.4) is 0 Å². The highest BCUT2D eigenvalue weighted by Gasteiger charge is 2.20. The lowest BCUT2D eigenvalue weighted by molar-refractivity contribution is -0.132. The molecule has 0 aliphatic carbocycles. The van der Waals surface area contributed by atoms with Crippen molar-refractivity contribution >= 4 is 84.4 Å². The number of carbonyl (C=O) groups is 5. The lowest BCUT2D eigenvalue weighted by Crippen LogP contribution is -2.38. The Bertz CT molecular complexity index is 4360. The molecule has 568 valence electrons. The molecule has 0 aliphatic rings. The molecule has 0 saturated carbocycles. The summed E-state index contributed by atoms with van der Waals surface area (Å²) < 4.78 is 26.6. The Kier molecular flexibility index (Phi) is 34.3. The average molecular weight is 1440 g/mol. The lowest BCUT2D eigenvalue weighted by atomic mass is 10.1. The molecule has 5 aromatic carbocycles. The summed E-state index contributed by atoms with van der Waals surface area (Å²) in [7, 11) is 4.18. The Morgan fingerprint density at radius 1 is 0.381 bits per heavy atom. The molecule has 0 bridgehead atoms. The minimum Gasteiger partial charge on any atom is -0.426 e. The Hall–Kier alpha value is -9.31. The summed E-state index contributed by atoms with van der Waals surface area (Å²) in [5.41, 5.74) is 11.0. The molecule has 20 heteroatoms. The van der Waals surface area contributed by atoms with Gasteiger partial charge in [0.05, 0.1) is 0 Å². The fraction of sp³-hybridized carbons (Fsp3) is 0.447. The molecule has 0 aliphatic heterocycles. The molecule has 105 heavy (non-hydrogen) atoms. The van der Waals surface area contributed by atoms with Crippen molar-refractivity contribution in [3.8, 4) is 28.7 Å². The van der Waals surface area contributed by atoms with Crippen LogP contribution in [0.2, 0.25) is 0 Å². The van der Waals surface area contributed by atoms with Gasteiger partial charge in [-0.1, -0.05) is 57.2 Å². The number of rotatable bonds is 31. The molecule has 10 aromatic rings. The monoisotopic (exact) mass is 1440 g/mol. The fourth-order valence-corrected chi connectivity index (χ4v) is 13.1.